The number of hydrogen-bond donors (Lipinski definition) is 2. The highest BCUT2D eigenvalue weighted by atomic mass is 31.2. The molecular formula is C28H52N5O4P. The molecule has 2 aromatic heterocycles. The Balaban J connectivity index is 1.40. The van der Waals surface area contributed by atoms with E-state index in [1.54, 1.807) is 10.9 Å². The molecule has 0 saturated heterocycles. The molecule has 0 aliphatic carbocycles. The number of anilines is 1. The van der Waals surface area contributed by atoms with Gasteiger partial charge in [0.2, 0.25) is 0 Å². The van der Waals surface area contributed by atoms with Crippen LogP contribution in [0.1, 0.15) is 123 Å². The van der Waals surface area contributed by atoms with Crippen molar-refractivity contribution in [3.05, 3.63) is 12.7 Å². The van der Waals surface area contributed by atoms with Crippen LogP contribution in [-0.4, -0.2) is 43.5 Å². The zero-order valence-electron chi connectivity index (χ0n) is 23.9. The van der Waals surface area contributed by atoms with E-state index in [2.05, 4.69) is 21.9 Å². The van der Waals surface area contributed by atoms with Crippen molar-refractivity contribution in [2.45, 2.75) is 136 Å². The lowest BCUT2D eigenvalue weighted by molar-refractivity contribution is 0.0715. The molecular weight excluding hydrogens is 501 g/mol. The number of hydrogen-bond acceptors (Lipinski definition) is 7. The van der Waals surface area contributed by atoms with Crippen LogP contribution in [0.25, 0.3) is 11.2 Å². The largest absolute Gasteiger partial charge is 0.382 e. The first kappa shape index (κ1) is 32.7. The Bertz CT molecular complexity index is 926. The fraction of sp³-hybridized carbons (Fsp3) is 0.821. The molecule has 0 spiro atoms. The van der Waals surface area contributed by atoms with E-state index in [1.807, 2.05) is 6.92 Å². The fourth-order valence-electron chi connectivity index (χ4n) is 4.65. The van der Waals surface area contributed by atoms with Crippen LogP contribution < -0.4 is 5.73 Å². The van der Waals surface area contributed by atoms with E-state index in [0.29, 0.717) is 23.5 Å². The maximum absolute atomic E-state index is 12.3. The van der Waals surface area contributed by atoms with Gasteiger partial charge >= 0.3 is 7.60 Å². The normalized spacial score (nSPS) is 14.2. The van der Waals surface area contributed by atoms with Crippen molar-refractivity contribution in [3.63, 3.8) is 0 Å². The second-order valence-corrected chi connectivity index (χ2v) is 12.4. The number of imidazole rings is 1. The second-order valence-electron chi connectivity index (χ2n) is 10.6. The molecule has 0 radical (unpaired) electrons. The number of fused-ring (bicyclic) bond motifs is 1. The molecule has 0 aliphatic heterocycles. The van der Waals surface area contributed by atoms with Crippen molar-refractivity contribution in [2.24, 2.45) is 0 Å². The van der Waals surface area contributed by atoms with Gasteiger partial charge in [0.05, 0.1) is 25.6 Å². The van der Waals surface area contributed by atoms with Crippen molar-refractivity contribution in [1.82, 2.24) is 19.5 Å². The monoisotopic (exact) mass is 553 g/mol. The lowest BCUT2D eigenvalue weighted by Gasteiger charge is -2.17. The van der Waals surface area contributed by atoms with Gasteiger partial charge in [0.25, 0.3) is 0 Å². The van der Waals surface area contributed by atoms with Gasteiger partial charge in [0, 0.05) is 0 Å². The standard InChI is InChI=1S/C28H52N5O4P/c1-3-4-5-6-7-8-9-10-11-12-13-14-15-16-17-18-19-20-37-38(34,35)24-36-25(2)21-33-23-32-26-27(29)30-22-31-28(26)33/h22-23,25H,3-21,24H2,1-2H3,(H,34,35)(H2,29,30,31)/t25-/m1/s1. The van der Waals surface area contributed by atoms with Gasteiger partial charge in [0.15, 0.2) is 11.5 Å². The Hall–Kier alpha value is -1.54. The molecule has 2 rings (SSSR count). The van der Waals surface area contributed by atoms with Gasteiger partial charge in [-0.25, -0.2) is 15.0 Å². The van der Waals surface area contributed by atoms with Gasteiger partial charge in [-0.1, -0.05) is 110 Å². The summed E-state index contributed by atoms with van der Waals surface area (Å²) in [5, 5.41) is 0. The molecule has 2 heterocycles. The number of unbranched alkanes of at least 4 members (excludes halogenated alkanes) is 16. The molecule has 0 amide bonds. The molecule has 0 aromatic carbocycles. The topological polar surface area (TPSA) is 125 Å². The number of ether oxygens (including phenoxy) is 1. The first-order chi connectivity index (χ1) is 18.4. The predicted octanol–water partition coefficient (Wildman–Crippen LogP) is 7.62. The van der Waals surface area contributed by atoms with Gasteiger partial charge in [-0.2, -0.15) is 0 Å². The quantitative estimate of drug-likeness (QED) is 0.100. The summed E-state index contributed by atoms with van der Waals surface area (Å²) in [6, 6.07) is 0. The molecule has 1 unspecified atom stereocenters. The second kappa shape index (κ2) is 19.5. The third-order valence-corrected chi connectivity index (χ3v) is 8.01. The number of nitrogen functional groups attached to an aromatic ring is 1. The van der Waals surface area contributed by atoms with Gasteiger partial charge in [-0.3, -0.25) is 4.57 Å². The molecule has 0 fully saturated rings. The zero-order chi connectivity index (χ0) is 27.5. The number of aromatic nitrogens is 4. The minimum Gasteiger partial charge on any atom is -0.382 e. The molecule has 218 valence electrons. The van der Waals surface area contributed by atoms with Gasteiger partial charge < -0.3 is 24.5 Å². The summed E-state index contributed by atoms with van der Waals surface area (Å²) in [6.07, 6.45) is 24.5. The van der Waals surface area contributed by atoms with E-state index >= 15 is 0 Å². The van der Waals surface area contributed by atoms with Gasteiger partial charge in [0.1, 0.15) is 18.2 Å². The molecule has 10 heteroatoms. The number of nitrogens with zero attached hydrogens (tertiary/aromatic N) is 4. The van der Waals surface area contributed by atoms with Crippen LogP contribution in [0.5, 0.6) is 0 Å². The summed E-state index contributed by atoms with van der Waals surface area (Å²) < 4.78 is 24.9. The smallest absolute Gasteiger partial charge is 0.353 e. The van der Waals surface area contributed by atoms with Crippen molar-refractivity contribution in [2.75, 3.05) is 18.7 Å². The maximum Gasteiger partial charge on any atom is 0.353 e. The average molecular weight is 554 g/mol. The molecule has 9 nitrogen and oxygen atoms in total. The SMILES string of the molecule is CCCCCCCCCCCCCCCCCCCOP(=O)(O)CO[C@H](C)Cn1cnc2c(N)ncnc21. The molecule has 0 aliphatic rings. The maximum atomic E-state index is 12.3. The Morgan fingerprint density at radius 3 is 1.95 bits per heavy atom. The molecule has 38 heavy (non-hydrogen) atoms. The Morgan fingerprint density at radius 1 is 0.868 bits per heavy atom. The highest BCUT2D eigenvalue weighted by Crippen LogP contribution is 2.42. The van der Waals surface area contributed by atoms with E-state index in [0.717, 1.165) is 19.3 Å². The fourth-order valence-corrected chi connectivity index (χ4v) is 5.59. The molecule has 0 saturated carbocycles. The third kappa shape index (κ3) is 14.0. The predicted molar refractivity (Wildman–Crippen MR) is 155 cm³/mol. The summed E-state index contributed by atoms with van der Waals surface area (Å²) in [5.41, 5.74) is 6.95. The van der Waals surface area contributed by atoms with Crippen LogP contribution in [-0.2, 0) is 20.4 Å². The third-order valence-electron chi connectivity index (χ3n) is 6.95. The molecule has 3 N–H and O–H groups in total. The van der Waals surface area contributed by atoms with E-state index in [1.165, 1.54) is 96.2 Å². The minimum absolute atomic E-state index is 0.284. The van der Waals surface area contributed by atoms with E-state index in [9.17, 15) is 9.46 Å². The summed E-state index contributed by atoms with van der Waals surface area (Å²) in [6.45, 7) is 4.81. The summed E-state index contributed by atoms with van der Waals surface area (Å²) in [5.74, 6) is 0.319. The lowest BCUT2D eigenvalue weighted by Crippen LogP contribution is -2.17. The van der Waals surface area contributed by atoms with Crippen LogP contribution in [0.15, 0.2) is 12.7 Å². The van der Waals surface area contributed by atoms with Crippen molar-refractivity contribution >= 4 is 24.6 Å². The lowest BCUT2D eigenvalue weighted by atomic mass is 10.0. The number of rotatable bonds is 24. The van der Waals surface area contributed by atoms with Crippen molar-refractivity contribution in [1.29, 1.82) is 0 Å². The van der Waals surface area contributed by atoms with Crippen molar-refractivity contribution in [3.8, 4) is 0 Å². The van der Waals surface area contributed by atoms with E-state index in [4.69, 9.17) is 15.0 Å². The van der Waals surface area contributed by atoms with Crippen LogP contribution in [0.4, 0.5) is 5.82 Å². The molecule has 2 atom stereocenters. The van der Waals surface area contributed by atoms with Gasteiger partial charge in [-0.05, 0) is 13.3 Å². The number of nitrogens with two attached hydrogens (primary N) is 1. The van der Waals surface area contributed by atoms with Crippen LogP contribution in [0.3, 0.4) is 0 Å². The Labute approximate surface area is 229 Å². The van der Waals surface area contributed by atoms with Gasteiger partial charge in [-0.15, -0.1) is 0 Å². The first-order valence-electron chi connectivity index (χ1n) is 14.9. The van der Waals surface area contributed by atoms with Crippen LogP contribution >= 0.6 is 7.60 Å². The molecule has 0 bridgehead atoms. The van der Waals surface area contributed by atoms with E-state index < -0.39 is 7.60 Å². The summed E-state index contributed by atoms with van der Waals surface area (Å²) >= 11 is 0. The summed E-state index contributed by atoms with van der Waals surface area (Å²) in [7, 11) is -3.78. The van der Waals surface area contributed by atoms with Crippen LogP contribution in [0, 0.1) is 0 Å². The highest BCUT2D eigenvalue weighted by Gasteiger charge is 2.21. The Kier molecular flexibility index (Phi) is 16.8. The average Bonchev–Trinajstić information content (AvgIpc) is 3.30. The van der Waals surface area contributed by atoms with E-state index in [-0.39, 0.29) is 19.1 Å². The van der Waals surface area contributed by atoms with Crippen molar-refractivity contribution < 1.29 is 18.7 Å². The first-order valence-corrected chi connectivity index (χ1v) is 16.7. The van der Waals surface area contributed by atoms with Crippen LogP contribution in [0.2, 0.25) is 0 Å². The minimum atomic E-state index is -3.78. The Morgan fingerprint density at radius 2 is 1.39 bits per heavy atom. The summed E-state index contributed by atoms with van der Waals surface area (Å²) in [4.78, 5) is 22.4. The highest BCUT2D eigenvalue weighted by molar-refractivity contribution is 7.52. The molecule has 2 aromatic rings. The zero-order valence-corrected chi connectivity index (χ0v) is 24.8.